The molecule has 2 heterocycles. The molecule has 0 saturated heterocycles. The van der Waals surface area contributed by atoms with Gasteiger partial charge in [0.25, 0.3) is 0 Å². The summed E-state index contributed by atoms with van der Waals surface area (Å²) >= 11 is 0. The smallest absolute Gasteiger partial charge is 0.387 e. The van der Waals surface area contributed by atoms with Gasteiger partial charge in [-0.3, -0.25) is 5.10 Å². The molecule has 124 valence electrons. The number of anilines is 2. The number of hydrogen-bond acceptors (Lipinski definition) is 5. The van der Waals surface area contributed by atoms with Gasteiger partial charge < -0.3 is 14.8 Å². The Morgan fingerprint density at radius 2 is 2.08 bits per heavy atom. The van der Waals surface area contributed by atoms with Crippen molar-refractivity contribution in [2.75, 3.05) is 12.4 Å². The summed E-state index contributed by atoms with van der Waals surface area (Å²) in [6, 6.07) is 9.93. The van der Waals surface area contributed by atoms with E-state index in [-0.39, 0.29) is 11.4 Å². The van der Waals surface area contributed by atoms with Crippen molar-refractivity contribution in [2.45, 2.75) is 6.61 Å². The van der Waals surface area contributed by atoms with Crippen LogP contribution in [-0.4, -0.2) is 28.9 Å². The predicted octanol–water partition coefficient (Wildman–Crippen LogP) is 3.83. The molecule has 0 saturated carbocycles. The molecule has 3 rings (SSSR count). The highest BCUT2D eigenvalue weighted by molar-refractivity contribution is 5.70. The number of nitrogens with one attached hydrogen (secondary N) is 2. The van der Waals surface area contributed by atoms with Gasteiger partial charge in [0, 0.05) is 11.8 Å². The summed E-state index contributed by atoms with van der Waals surface area (Å²) in [6.45, 7) is -2.94. The van der Waals surface area contributed by atoms with E-state index in [1.807, 2.05) is 0 Å². The quantitative estimate of drug-likeness (QED) is 0.718. The van der Waals surface area contributed by atoms with E-state index in [2.05, 4.69) is 25.2 Å². The maximum Gasteiger partial charge on any atom is 0.387 e. The second-order valence-corrected chi connectivity index (χ2v) is 4.77. The fraction of sp³-hybridized carbons (Fsp3) is 0.125. The summed E-state index contributed by atoms with van der Waals surface area (Å²) in [4.78, 5) is 4.38. The zero-order valence-electron chi connectivity index (χ0n) is 12.7. The highest BCUT2D eigenvalue weighted by Crippen LogP contribution is 2.33. The Bertz CT molecular complexity index is 810. The first-order valence-corrected chi connectivity index (χ1v) is 7.02. The monoisotopic (exact) mass is 332 g/mol. The van der Waals surface area contributed by atoms with Crippen molar-refractivity contribution >= 4 is 11.5 Å². The minimum absolute atomic E-state index is 0.0176. The van der Waals surface area contributed by atoms with Crippen LogP contribution in [0.15, 0.2) is 48.8 Å². The van der Waals surface area contributed by atoms with Gasteiger partial charge in [0.2, 0.25) is 0 Å². The lowest BCUT2D eigenvalue weighted by molar-refractivity contribution is -0.0496. The van der Waals surface area contributed by atoms with Gasteiger partial charge in [-0.2, -0.15) is 13.9 Å². The van der Waals surface area contributed by atoms with Crippen LogP contribution in [0.2, 0.25) is 0 Å². The molecule has 8 heteroatoms. The van der Waals surface area contributed by atoms with Crippen molar-refractivity contribution in [1.29, 1.82) is 0 Å². The van der Waals surface area contributed by atoms with Gasteiger partial charge in [0.05, 0.1) is 19.0 Å². The summed E-state index contributed by atoms with van der Waals surface area (Å²) < 4.78 is 35.1. The zero-order chi connectivity index (χ0) is 16.9. The Balaban J connectivity index is 2.01. The summed E-state index contributed by atoms with van der Waals surface area (Å²) in [5, 5.41) is 9.52. The van der Waals surface area contributed by atoms with E-state index in [1.54, 1.807) is 42.7 Å². The lowest BCUT2D eigenvalue weighted by Crippen LogP contribution is -2.05. The van der Waals surface area contributed by atoms with Crippen molar-refractivity contribution in [3.05, 3.63) is 48.8 Å². The van der Waals surface area contributed by atoms with E-state index < -0.39 is 6.61 Å². The molecule has 0 spiro atoms. The molecule has 24 heavy (non-hydrogen) atoms. The van der Waals surface area contributed by atoms with E-state index in [9.17, 15) is 8.78 Å². The molecule has 0 unspecified atom stereocenters. The number of hydrogen-bond donors (Lipinski definition) is 2. The van der Waals surface area contributed by atoms with Crippen molar-refractivity contribution in [2.24, 2.45) is 0 Å². The van der Waals surface area contributed by atoms with Crippen LogP contribution < -0.4 is 14.8 Å². The van der Waals surface area contributed by atoms with Gasteiger partial charge in [-0.15, -0.1) is 0 Å². The number of aromatic nitrogens is 3. The number of aromatic amines is 1. The van der Waals surface area contributed by atoms with Crippen LogP contribution in [0, 0.1) is 0 Å². The van der Waals surface area contributed by atoms with Crippen LogP contribution in [-0.2, 0) is 0 Å². The predicted molar refractivity (Wildman–Crippen MR) is 84.7 cm³/mol. The maximum absolute atomic E-state index is 12.7. The number of benzene rings is 1. The number of pyridine rings is 1. The topological polar surface area (TPSA) is 72.1 Å². The van der Waals surface area contributed by atoms with Crippen LogP contribution >= 0.6 is 0 Å². The van der Waals surface area contributed by atoms with Crippen molar-refractivity contribution in [3.63, 3.8) is 0 Å². The fourth-order valence-electron chi connectivity index (χ4n) is 2.15. The first-order chi connectivity index (χ1) is 11.7. The number of methoxy groups -OCH3 is 1. The molecule has 0 bridgehead atoms. The first kappa shape index (κ1) is 15.7. The number of alkyl halides is 2. The molecular formula is C16H14F2N4O2. The van der Waals surface area contributed by atoms with Crippen molar-refractivity contribution in [3.8, 4) is 22.8 Å². The lowest BCUT2D eigenvalue weighted by atomic mass is 10.1. The standard InChI is InChI=1S/C16H14F2N4O2/c1-23-12-4-2-3-10(7-12)15-13(24-16(17)18)5-6-14(22-15)21-11-8-19-20-9-11/h2-9,16H,1H3,(H,19,20)(H,21,22). The van der Waals surface area contributed by atoms with Crippen molar-refractivity contribution < 1.29 is 18.3 Å². The van der Waals surface area contributed by atoms with E-state index in [4.69, 9.17) is 4.74 Å². The molecule has 2 N–H and O–H groups in total. The van der Waals surface area contributed by atoms with Crippen LogP contribution in [0.5, 0.6) is 11.5 Å². The van der Waals surface area contributed by atoms with Gasteiger partial charge in [-0.05, 0) is 24.3 Å². The molecule has 2 aromatic heterocycles. The van der Waals surface area contributed by atoms with Gasteiger partial charge >= 0.3 is 6.61 Å². The number of H-pyrrole nitrogens is 1. The van der Waals surface area contributed by atoms with Crippen LogP contribution in [0.3, 0.4) is 0 Å². The molecule has 0 aliphatic rings. The number of nitrogens with zero attached hydrogens (tertiary/aromatic N) is 2. The average molecular weight is 332 g/mol. The lowest BCUT2D eigenvalue weighted by Gasteiger charge is -2.13. The minimum atomic E-state index is -2.94. The van der Waals surface area contributed by atoms with Gasteiger partial charge in [0.15, 0.2) is 5.75 Å². The molecular weight excluding hydrogens is 318 g/mol. The Morgan fingerprint density at radius 3 is 2.79 bits per heavy atom. The van der Waals surface area contributed by atoms with Gasteiger partial charge in [-0.25, -0.2) is 4.98 Å². The highest BCUT2D eigenvalue weighted by atomic mass is 19.3. The molecule has 0 aliphatic heterocycles. The highest BCUT2D eigenvalue weighted by Gasteiger charge is 2.14. The molecule has 0 aliphatic carbocycles. The third-order valence-corrected chi connectivity index (χ3v) is 3.19. The molecule has 0 fully saturated rings. The second-order valence-electron chi connectivity index (χ2n) is 4.77. The maximum atomic E-state index is 12.7. The number of halogens is 2. The first-order valence-electron chi connectivity index (χ1n) is 7.02. The van der Waals surface area contributed by atoms with E-state index in [0.717, 1.165) is 0 Å². The average Bonchev–Trinajstić information content (AvgIpc) is 3.09. The molecule has 0 amide bonds. The van der Waals surface area contributed by atoms with Crippen molar-refractivity contribution in [1.82, 2.24) is 15.2 Å². The summed E-state index contributed by atoms with van der Waals surface area (Å²) in [5.74, 6) is 1.04. The molecule has 0 radical (unpaired) electrons. The Hall–Kier alpha value is -3.16. The summed E-state index contributed by atoms with van der Waals surface area (Å²) in [5.41, 5.74) is 1.57. The van der Waals surface area contributed by atoms with Crippen LogP contribution in [0.1, 0.15) is 0 Å². The van der Waals surface area contributed by atoms with Gasteiger partial charge in [0.1, 0.15) is 17.3 Å². The zero-order valence-corrected chi connectivity index (χ0v) is 12.7. The third-order valence-electron chi connectivity index (χ3n) is 3.19. The van der Waals surface area contributed by atoms with E-state index >= 15 is 0 Å². The Morgan fingerprint density at radius 1 is 1.21 bits per heavy atom. The second kappa shape index (κ2) is 6.95. The Kier molecular flexibility index (Phi) is 4.55. The Labute approximate surface area is 136 Å². The molecule has 3 aromatic rings. The third kappa shape index (κ3) is 3.60. The van der Waals surface area contributed by atoms with Crippen LogP contribution in [0.4, 0.5) is 20.3 Å². The van der Waals surface area contributed by atoms with E-state index in [1.165, 1.54) is 13.2 Å². The SMILES string of the molecule is COc1cccc(-c2nc(Nc3cn[nH]c3)ccc2OC(F)F)c1. The number of ether oxygens (including phenoxy) is 2. The van der Waals surface area contributed by atoms with Gasteiger partial charge in [-0.1, -0.05) is 12.1 Å². The largest absolute Gasteiger partial charge is 0.497 e. The molecule has 1 aromatic carbocycles. The fourth-order valence-corrected chi connectivity index (χ4v) is 2.15. The summed E-state index contributed by atoms with van der Waals surface area (Å²) in [6.07, 6.45) is 3.23. The number of rotatable bonds is 6. The minimum Gasteiger partial charge on any atom is -0.497 e. The van der Waals surface area contributed by atoms with Crippen LogP contribution in [0.25, 0.3) is 11.3 Å². The molecule has 0 atom stereocenters. The summed E-state index contributed by atoms with van der Waals surface area (Å²) in [7, 11) is 1.53. The molecule has 6 nitrogen and oxygen atoms in total. The normalized spacial score (nSPS) is 10.7. The van der Waals surface area contributed by atoms with E-state index in [0.29, 0.717) is 22.8 Å².